The molecule has 1 aliphatic rings. The highest BCUT2D eigenvalue weighted by Crippen LogP contribution is 2.44. The Morgan fingerprint density at radius 3 is 1.88 bits per heavy atom. The van der Waals surface area contributed by atoms with E-state index in [1.165, 1.54) is 22.3 Å². The van der Waals surface area contributed by atoms with Crippen molar-refractivity contribution in [2.45, 2.75) is 12.6 Å². The maximum atomic E-state index is 6.58. The van der Waals surface area contributed by atoms with E-state index in [2.05, 4.69) is 48.6 Å². The quantitative estimate of drug-likeness (QED) is 0.769. The van der Waals surface area contributed by atoms with E-state index in [-0.39, 0.29) is 0 Å². The summed E-state index contributed by atoms with van der Waals surface area (Å²) >= 11 is 0. The average Bonchev–Trinajstić information content (AvgIpc) is 2.62. The molecule has 0 fully saturated rings. The van der Waals surface area contributed by atoms with E-state index in [1.54, 1.807) is 0 Å². The Bertz CT molecular complexity index is 515. The molecule has 2 aromatic carbocycles. The second-order valence-electron chi connectivity index (χ2n) is 4.43. The van der Waals surface area contributed by atoms with Crippen LogP contribution >= 0.6 is 0 Å². The van der Waals surface area contributed by atoms with Gasteiger partial charge in [0.05, 0.1) is 0 Å². The highest BCUT2D eigenvalue weighted by molar-refractivity contribution is 5.80. The molecule has 0 saturated heterocycles. The van der Waals surface area contributed by atoms with Crippen molar-refractivity contribution in [1.29, 1.82) is 0 Å². The zero-order chi connectivity index (χ0) is 11.9. The lowest BCUT2D eigenvalue weighted by molar-refractivity contribution is 0.438. The summed E-state index contributed by atoms with van der Waals surface area (Å²) in [5, 5.41) is 3.41. The SMILES string of the molecule is CCNC1(N)c2ccccc2-c2ccccc21. The Balaban J connectivity index is 2.31. The minimum absolute atomic E-state index is 0.540. The zero-order valence-corrected chi connectivity index (χ0v) is 9.90. The minimum Gasteiger partial charge on any atom is -0.306 e. The molecule has 0 radical (unpaired) electrons. The van der Waals surface area contributed by atoms with Crippen LogP contribution in [0.3, 0.4) is 0 Å². The summed E-state index contributed by atoms with van der Waals surface area (Å²) in [5.74, 6) is 0. The van der Waals surface area contributed by atoms with Gasteiger partial charge in [0.25, 0.3) is 0 Å². The molecule has 0 bridgehead atoms. The molecule has 0 spiro atoms. The Hall–Kier alpha value is -1.64. The summed E-state index contributed by atoms with van der Waals surface area (Å²) in [4.78, 5) is 0. The van der Waals surface area contributed by atoms with Gasteiger partial charge in [0.1, 0.15) is 5.66 Å². The molecule has 0 unspecified atom stereocenters. The Morgan fingerprint density at radius 1 is 0.941 bits per heavy atom. The molecule has 86 valence electrons. The second kappa shape index (κ2) is 3.69. The topological polar surface area (TPSA) is 38.0 Å². The highest BCUT2D eigenvalue weighted by Gasteiger charge is 2.38. The van der Waals surface area contributed by atoms with Crippen molar-refractivity contribution < 1.29 is 0 Å². The van der Waals surface area contributed by atoms with E-state index in [0.717, 1.165) is 6.54 Å². The fourth-order valence-electron chi connectivity index (χ4n) is 2.74. The van der Waals surface area contributed by atoms with Gasteiger partial charge in [0, 0.05) is 0 Å². The first-order valence-corrected chi connectivity index (χ1v) is 6.00. The number of hydrogen-bond acceptors (Lipinski definition) is 2. The van der Waals surface area contributed by atoms with Crippen LogP contribution in [0.25, 0.3) is 11.1 Å². The predicted molar refractivity (Wildman–Crippen MR) is 70.5 cm³/mol. The first kappa shape index (κ1) is 10.5. The fourth-order valence-corrected chi connectivity index (χ4v) is 2.74. The summed E-state index contributed by atoms with van der Waals surface area (Å²) in [7, 11) is 0. The molecule has 17 heavy (non-hydrogen) atoms. The van der Waals surface area contributed by atoms with Gasteiger partial charge in [-0.15, -0.1) is 0 Å². The molecule has 0 amide bonds. The standard InChI is InChI=1S/C15H16N2/c1-2-17-15(16)13-9-5-3-7-11(13)12-8-4-6-10-14(12)15/h3-10,17H,2,16H2,1H3. The molecule has 2 nitrogen and oxygen atoms in total. The van der Waals surface area contributed by atoms with Crippen molar-refractivity contribution in [2.75, 3.05) is 6.54 Å². The molecule has 1 aliphatic carbocycles. The summed E-state index contributed by atoms with van der Waals surface area (Å²) in [6.45, 7) is 2.93. The molecule has 2 heteroatoms. The molecule has 0 heterocycles. The van der Waals surface area contributed by atoms with Crippen LogP contribution in [-0.4, -0.2) is 6.54 Å². The highest BCUT2D eigenvalue weighted by atomic mass is 15.1. The van der Waals surface area contributed by atoms with Crippen molar-refractivity contribution >= 4 is 0 Å². The number of nitrogens with two attached hydrogens (primary N) is 1. The maximum Gasteiger partial charge on any atom is 0.120 e. The number of rotatable bonds is 2. The molecule has 3 rings (SSSR count). The Morgan fingerprint density at radius 2 is 1.41 bits per heavy atom. The van der Waals surface area contributed by atoms with Crippen LogP contribution in [0.2, 0.25) is 0 Å². The molecule has 0 atom stereocenters. The summed E-state index contributed by atoms with van der Waals surface area (Å²) < 4.78 is 0. The number of benzene rings is 2. The van der Waals surface area contributed by atoms with Gasteiger partial charge in [-0.25, -0.2) is 0 Å². The summed E-state index contributed by atoms with van der Waals surface area (Å²) in [6.07, 6.45) is 0. The van der Waals surface area contributed by atoms with E-state index in [1.807, 2.05) is 12.1 Å². The van der Waals surface area contributed by atoms with Crippen molar-refractivity contribution in [3.8, 4) is 11.1 Å². The number of nitrogens with one attached hydrogen (secondary N) is 1. The number of fused-ring (bicyclic) bond motifs is 3. The maximum absolute atomic E-state index is 6.58. The van der Waals surface area contributed by atoms with E-state index >= 15 is 0 Å². The molecule has 2 aromatic rings. The van der Waals surface area contributed by atoms with Crippen LogP contribution in [-0.2, 0) is 5.66 Å². The van der Waals surface area contributed by atoms with Crippen LogP contribution in [0.15, 0.2) is 48.5 Å². The lowest BCUT2D eigenvalue weighted by Gasteiger charge is -2.28. The van der Waals surface area contributed by atoms with Gasteiger partial charge in [-0.05, 0) is 28.8 Å². The fraction of sp³-hybridized carbons (Fsp3) is 0.200. The summed E-state index contributed by atoms with van der Waals surface area (Å²) in [5.41, 5.74) is 10.9. The van der Waals surface area contributed by atoms with Gasteiger partial charge < -0.3 is 5.73 Å². The van der Waals surface area contributed by atoms with Crippen molar-refractivity contribution in [3.63, 3.8) is 0 Å². The third kappa shape index (κ3) is 1.35. The minimum atomic E-state index is -0.540. The lowest BCUT2D eigenvalue weighted by Crippen LogP contribution is -2.49. The third-order valence-electron chi connectivity index (χ3n) is 3.45. The van der Waals surface area contributed by atoms with Gasteiger partial charge in [0.2, 0.25) is 0 Å². The van der Waals surface area contributed by atoms with Crippen LogP contribution in [0.4, 0.5) is 0 Å². The van der Waals surface area contributed by atoms with Gasteiger partial charge in [-0.2, -0.15) is 0 Å². The first-order chi connectivity index (χ1) is 8.27. The van der Waals surface area contributed by atoms with Crippen LogP contribution in [0, 0.1) is 0 Å². The van der Waals surface area contributed by atoms with Crippen LogP contribution in [0.1, 0.15) is 18.1 Å². The average molecular weight is 224 g/mol. The second-order valence-corrected chi connectivity index (χ2v) is 4.43. The lowest BCUT2D eigenvalue weighted by atomic mass is 9.98. The van der Waals surface area contributed by atoms with E-state index in [9.17, 15) is 0 Å². The van der Waals surface area contributed by atoms with Crippen LogP contribution < -0.4 is 11.1 Å². The Kier molecular flexibility index (Phi) is 2.28. The molecule has 0 aliphatic heterocycles. The smallest absolute Gasteiger partial charge is 0.120 e. The molecule has 0 aromatic heterocycles. The molecular formula is C15H16N2. The van der Waals surface area contributed by atoms with Gasteiger partial charge >= 0.3 is 0 Å². The first-order valence-electron chi connectivity index (χ1n) is 6.00. The van der Waals surface area contributed by atoms with Gasteiger partial charge in [-0.1, -0.05) is 55.5 Å². The van der Waals surface area contributed by atoms with Crippen LogP contribution in [0.5, 0.6) is 0 Å². The number of hydrogen-bond donors (Lipinski definition) is 2. The van der Waals surface area contributed by atoms with E-state index in [4.69, 9.17) is 5.73 Å². The van der Waals surface area contributed by atoms with Gasteiger partial charge in [0.15, 0.2) is 0 Å². The van der Waals surface area contributed by atoms with Crippen molar-refractivity contribution in [3.05, 3.63) is 59.7 Å². The molecule has 3 N–H and O–H groups in total. The van der Waals surface area contributed by atoms with Gasteiger partial charge in [-0.3, -0.25) is 5.32 Å². The normalized spacial score (nSPS) is 15.4. The van der Waals surface area contributed by atoms with E-state index < -0.39 is 5.66 Å². The third-order valence-corrected chi connectivity index (χ3v) is 3.45. The zero-order valence-electron chi connectivity index (χ0n) is 9.90. The van der Waals surface area contributed by atoms with E-state index in [0.29, 0.717) is 0 Å². The monoisotopic (exact) mass is 224 g/mol. The predicted octanol–water partition coefficient (Wildman–Crippen LogP) is 2.44. The van der Waals surface area contributed by atoms with Crippen molar-refractivity contribution in [2.24, 2.45) is 5.73 Å². The summed E-state index contributed by atoms with van der Waals surface area (Å²) in [6, 6.07) is 16.7. The molecular weight excluding hydrogens is 208 g/mol. The van der Waals surface area contributed by atoms with Crippen molar-refractivity contribution in [1.82, 2.24) is 5.32 Å². The largest absolute Gasteiger partial charge is 0.306 e. The molecule has 0 saturated carbocycles. The Labute approximate surface area is 101 Å².